The maximum absolute atomic E-state index is 5.88. The van der Waals surface area contributed by atoms with Gasteiger partial charge in [0.15, 0.2) is 0 Å². The first-order valence-corrected chi connectivity index (χ1v) is 5.25. The smallest absolute Gasteiger partial charge is 0.120 e. The predicted molar refractivity (Wildman–Crippen MR) is 61.5 cm³/mol. The molecule has 0 heterocycles. The normalized spacial score (nSPS) is 10.8. The van der Waals surface area contributed by atoms with E-state index in [9.17, 15) is 0 Å². The summed E-state index contributed by atoms with van der Waals surface area (Å²) in [6.45, 7) is 2.48. The molecule has 0 aliphatic rings. The average Bonchev–Trinajstić information content (AvgIpc) is 2.18. The Morgan fingerprint density at radius 1 is 1.36 bits per heavy atom. The van der Waals surface area contributed by atoms with Crippen LogP contribution in [0.15, 0.2) is 30.4 Å². The van der Waals surface area contributed by atoms with Gasteiger partial charge in [0.25, 0.3) is 0 Å². The quantitative estimate of drug-likeness (QED) is 0.565. The standard InChI is InChI=1S/C11H12Cl2O/c1-9-8-10(4-5-11(9)13)14-7-3-2-6-12/h2-5,8H,6-7H2,1H3. The second kappa shape index (κ2) is 5.94. The molecule has 1 aromatic carbocycles. The minimum Gasteiger partial charge on any atom is -0.490 e. The van der Waals surface area contributed by atoms with Gasteiger partial charge in [-0.05, 0) is 30.7 Å². The maximum Gasteiger partial charge on any atom is 0.120 e. The molecule has 0 N–H and O–H groups in total. The van der Waals surface area contributed by atoms with Crippen LogP contribution in [-0.4, -0.2) is 12.5 Å². The van der Waals surface area contributed by atoms with Gasteiger partial charge in [-0.2, -0.15) is 0 Å². The van der Waals surface area contributed by atoms with Gasteiger partial charge < -0.3 is 4.74 Å². The third-order valence-corrected chi connectivity index (χ3v) is 2.33. The third-order valence-electron chi connectivity index (χ3n) is 1.73. The zero-order valence-electron chi connectivity index (χ0n) is 7.97. The van der Waals surface area contributed by atoms with E-state index in [0.717, 1.165) is 16.3 Å². The number of ether oxygens (including phenoxy) is 1. The largest absolute Gasteiger partial charge is 0.490 e. The third kappa shape index (κ3) is 3.60. The molecule has 0 aliphatic heterocycles. The summed E-state index contributed by atoms with van der Waals surface area (Å²) < 4.78 is 5.44. The molecular formula is C11H12Cl2O. The number of rotatable bonds is 4. The van der Waals surface area contributed by atoms with E-state index in [0.29, 0.717) is 12.5 Å². The fourth-order valence-corrected chi connectivity index (χ4v) is 1.23. The minimum atomic E-state index is 0.517. The van der Waals surface area contributed by atoms with E-state index in [1.54, 1.807) is 0 Å². The molecule has 0 amide bonds. The van der Waals surface area contributed by atoms with Gasteiger partial charge in [-0.25, -0.2) is 0 Å². The van der Waals surface area contributed by atoms with E-state index in [2.05, 4.69) is 0 Å². The first-order valence-electron chi connectivity index (χ1n) is 4.34. The molecule has 0 spiro atoms. The Hall–Kier alpha value is -0.660. The van der Waals surface area contributed by atoms with Crippen LogP contribution in [0.3, 0.4) is 0 Å². The predicted octanol–water partition coefficient (Wildman–Crippen LogP) is 3.82. The molecule has 0 fully saturated rings. The van der Waals surface area contributed by atoms with Crippen LogP contribution in [0.2, 0.25) is 5.02 Å². The lowest BCUT2D eigenvalue weighted by Crippen LogP contribution is -1.93. The van der Waals surface area contributed by atoms with Crippen LogP contribution in [0.5, 0.6) is 5.75 Å². The summed E-state index contributed by atoms with van der Waals surface area (Å²) in [7, 11) is 0. The Labute approximate surface area is 94.3 Å². The Balaban J connectivity index is 2.51. The van der Waals surface area contributed by atoms with Crippen LogP contribution in [-0.2, 0) is 0 Å². The molecule has 3 heteroatoms. The summed E-state index contributed by atoms with van der Waals surface area (Å²) in [6.07, 6.45) is 3.74. The van der Waals surface area contributed by atoms with Crippen molar-refractivity contribution < 1.29 is 4.74 Å². The number of benzene rings is 1. The van der Waals surface area contributed by atoms with Crippen LogP contribution in [0.4, 0.5) is 0 Å². The number of alkyl halides is 1. The van der Waals surface area contributed by atoms with Gasteiger partial charge >= 0.3 is 0 Å². The molecule has 1 aromatic rings. The lowest BCUT2D eigenvalue weighted by atomic mass is 10.2. The summed E-state index contributed by atoms with van der Waals surface area (Å²) in [4.78, 5) is 0. The molecule has 0 saturated carbocycles. The van der Waals surface area contributed by atoms with Gasteiger partial charge in [0.05, 0.1) is 0 Å². The van der Waals surface area contributed by atoms with Crippen molar-refractivity contribution >= 4 is 23.2 Å². The van der Waals surface area contributed by atoms with Crippen molar-refractivity contribution in [3.63, 3.8) is 0 Å². The molecule has 1 nitrogen and oxygen atoms in total. The topological polar surface area (TPSA) is 9.23 Å². The van der Waals surface area contributed by atoms with Crippen molar-refractivity contribution in [2.75, 3.05) is 12.5 Å². The highest BCUT2D eigenvalue weighted by atomic mass is 35.5. The Kier molecular flexibility index (Phi) is 4.85. The molecule has 0 saturated heterocycles. The van der Waals surface area contributed by atoms with Gasteiger partial charge in [-0.3, -0.25) is 0 Å². The van der Waals surface area contributed by atoms with Gasteiger partial charge in [-0.1, -0.05) is 23.8 Å². The molecule has 0 radical (unpaired) electrons. The van der Waals surface area contributed by atoms with Crippen molar-refractivity contribution in [3.05, 3.63) is 40.9 Å². The zero-order valence-corrected chi connectivity index (χ0v) is 9.48. The second-order valence-corrected chi connectivity index (χ2v) is 3.56. The van der Waals surface area contributed by atoms with E-state index in [1.165, 1.54) is 0 Å². The van der Waals surface area contributed by atoms with E-state index in [4.69, 9.17) is 27.9 Å². The molecule has 76 valence electrons. The summed E-state index contributed by atoms with van der Waals surface area (Å²) in [6, 6.07) is 5.60. The lowest BCUT2D eigenvalue weighted by molar-refractivity contribution is 0.362. The Morgan fingerprint density at radius 2 is 2.14 bits per heavy atom. The van der Waals surface area contributed by atoms with Gasteiger partial charge in [0.1, 0.15) is 12.4 Å². The number of aryl methyl sites for hydroxylation is 1. The van der Waals surface area contributed by atoms with Crippen molar-refractivity contribution in [1.29, 1.82) is 0 Å². The fourth-order valence-electron chi connectivity index (χ4n) is 0.982. The molecule has 0 bridgehead atoms. The van der Waals surface area contributed by atoms with E-state index in [1.807, 2.05) is 37.3 Å². The first-order chi connectivity index (χ1) is 6.74. The SMILES string of the molecule is Cc1cc(OCC=CCCl)ccc1Cl. The highest BCUT2D eigenvalue weighted by Gasteiger charge is 1.96. The zero-order chi connectivity index (χ0) is 10.4. The van der Waals surface area contributed by atoms with Crippen molar-refractivity contribution in [3.8, 4) is 5.75 Å². The molecule has 0 atom stereocenters. The van der Waals surface area contributed by atoms with Crippen molar-refractivity contribution in [2.24, 2.45) is 0 Å². The van der Waals surface area contributed by atoms with E-state index in [-0.39, 0.29) is 0 Å². The summed E-state index contributed by atoms with van der Waals surface area (Å²) in [5.41, 5.74) is 1.02. The number of halogens is 2. The minimum absolute atomic E-state index is 0.517. The number of hydrogen-bond acceptors (Lipinski definition) is 1. The van der Waals surface area contributed by atoms with E-state index < -0.39 is 0 Å². The summed E-state index contributed by atoms with van der Waals surface area (Å²) in [5.74, 6) is 1.34. The van der Waals surface area contributed by atoms with E-state index >= 15 is 0 Å². The molecule has 0 aromatic heterocycles. The highest BCUT2D eigenvalue weighted by molar-refractivity contribution is 6.31. The molecular weight excluding hydrogens is 219 g/mol. The van der Waals surface area contributed by atoms with Crippen LogP contribution >= 0.6 is 23.2 Å². The molecule has 1 rings (SSSR count). The van der Waals surface area contributed by atoms with Crippen LogP contribution in [0.1, 0.15) is 5.56 Å². The van der Waals surface area contributed by atoms with Crippen LogP contribution < -0.4 is 4.74 Å². The maximum atomic E-state index is 5.88. The fraction of sp³-hybridized carbons (Fsp3) is 0.273. The van der Waals surface area contributed by atoms with Gasteiger partial charge in [-0.15, -0.1) is 11.6 Å². The van der Waals surface area contributed by atoms with Crippen molar-refractivity contribution in [2.45, 2.75) is 6.92 Å². The number of hydrogen-bond donors (Lipinski definition) is 0. The van der Waals surface area contributed by atoms with Crippen LogP contribution in [0.25, 0.3) is 0 Å². The van der Waals surface area contributed by atoms with Gasteiger partial charge in [0.2, 0.25) is 0 Å². The summed E-state index contributed by atoms with van der Waals surface area (Å²) in [5, 5.41) is 0.758. The lowest BCUT2D eigenvalue weighted by Gasteiger charge is -2.04. The van der Waals surface area contributed by atoms with Crippen molar-refractivity contribution in [1.82, 2.24) is 0 Å². The Morgan fingerprint density at radius 3 is 2.79 bits per heavy atom. The van der Waals surface area contributed by atoms with Gasteiger partial charge in [0, 0.05) is 10.9 Å². The second-order valence-electron chi connectivity index (χ2n) is 2.85. The molecule has 0 unspecified atom stereocenters. The Bertz CT molecular complexity index is 321. The molecule has 0 aliphatic carbocycles. The monoisotopic (exact) mass is 230 g/mol. The van der Waals surface area contributed by atoms with Crippen LogP contribution in [0, 0.1) is 6.92 Å². The highest BCUT2D eigenvalue weighted by Crippen LogP contribution is 2.20. The summed E-state index contributed by atoms with van der Waals surface area (Å²) >= 11 is 11.3. The average molecular weight is 231 g/mol. The molecule has 14 heavy (non-hydrogen) atoms. The first kappa shape index (κ1) is 11.4. The number of allylic oxidation sites excluding steroid dienone is 1.